The lowest BCUT2D eigenvalue weighted by Crippen LogP contribution is -2.22. The minimum atomic E-state index is -0.371. The predicted octanol–water partition coefficient (Wildman–Crippen LogP) is 1.86. The highest BCUT2D eigenvalue weighted by atomic mass is 16.7. The first-order valence-electron chi connectivity index (χ1n) is 4.20. The lowest BCUT2D eigenvalue weighted by molar-refractivity contribution is -0.142. The van der Waals surface area contributed by atoms with Crippen molar-refractivity contribution in [1.82, 2.24) is 0 Å². The van der Waals surface area contributed by atoms with Gasteiger partial charge in [0, 0.05) is 0 Å². The SMILES string of the molecule is CC1(C)OC2C=CCCC2O1. The fraction of sp³-hybridized carbons (Fsp3) is 0.778. The Morgan fingerprint density at radius 3 is 2.91 bits per heavy atom. The van der Waals surface area contributed by atoms with Crippen LogP contribution >= 0.6 is 0 Å². The summed E-state index contributed by atoms with van der Waals surface area (Å²) in [7, 11) is 0. The van der Waals surface area contributed by atoms with Gasteiger partial charge in [0.2, 0.25) is 0 Å². The van der Waals surface area contributed by atoms with Gasteiger partial charge in [0.25, 0.3) is 0 Å². The van der Waals surface area contributed by atoms with E-state index in [0.29, 0.717) is 6.10 Å². The van der Waals surface area contributed by atoms with Crippen LogP contribution in [0.2, 0.25) is 0 Å². The maximum atomic E-state index is 5.68. The van der Waals surface area contributed by atoms with Crippen LogP contribution < -0.4 is 0 Å². The van der Waals surface area contributed by atoms with Gasteiger partial charge in [0.05, 0.1) is 6.10 Å². The van der Waals surface area contributed by atoms with Gasteiger partial charge in [0.15, 0.2) is 5.79 Å². The second-order valence-electron chi connectivity index (χ2n) is 3.64. The molecule has 1 aliphatic heterocycles. The molecule has 2 unspecified atom stereocenters. The molecule has 2 heteroatoms. The van der Waals surface area contributed by atoms with E-state index in [4.69, 9.17) is 9.47 Å². The monoisotopic (exact) mass is 154 g/mol. The van der Waals surface area contributed by atoms with Gasteiger partial charge in [0.1, 0.15) is 6.10 Å². The summed E-state index contributed by atoms with van der Waals surface area (Å²) in [5, 5.41) is 0. The Kier molecular flexibility index (Phi) is 1.55. The third-order valence-corrected chi connectivity index (χ3v) is 2.17. The first-order chi connectivity index (χ1) is 5.17. The lowest BCUT2D eigenvalue weighted by Gasteiger charge is -2.16. The molecule has 0 aromatic rings. The van der Waals surface area contributed by atoms with E-state index in [2.05, 4.69) is 12.2 Å². The van der Waals surface area contributed by atoms with Gasteiger partial charge in [-0.25, -0.2) is 0 Å². The van der Waals surface area contributed by atoms with Crippen LogP contribution in [0.5, 0.6) is 0 Å². The summed E-state index contributed by atoms with van der Waals surface area (Å²) in [4.78, 5) is 0. The van der Waals surface area contributed by atoms with Crippen LogP contribution in [0.4, 0.5) is 0 Å². The molecule has 0 spiro atoms. The van der Waals surface area contributed by atoms with Crippen LogP contribution in [-0.4, -0.2) is 18.0 Å². The van der Waals surface area contributed by atoms with Gasteiger partial charge >= 0.3 is 0 Å². The molecular weight excluding hydrogens is 140 g/mol. The van der Waals surface area contributed by atoms with Crippen LogP contribution in [0.1, 0.15) is 26.7 Å². The highest BCUT2D eigenvalue weighted by Gasteiger charge is 2.40. The summed E-state index contributed by atoms with van der Waals surface area (Å²) >= 11 is 0. The Bertz CT molecular complexity index is 184. The van der Waals surface area contributed by atoms with Crippen LogP contribution in [-0.2, 0) is 9.47 Å². The first kappa shape index (κ1) is 7.32. The van der Waals surface area contributed by atoms with E-state index in [9.17, 15) is 0 Å². The second-order valence-corrected chi connectivity index (χ2v) is 3.64. The van der Waals surface area contributed by atoms with E-state index in [0.717, 1.165) is 12.8 Å². The molecule has 2 nitrogen and oxygen atoms in total. The summed E-state index contributed by atoms with van der Waals surface area (Å²) in [6, 6.07) is 0. The molecule has 0 aromatic heterocycles. The molecule has 2 rings (SSSR count). The van der Waals surface area contributed by atoms with Crippen molar-refractivity contribution in [1.29, 1.82) is 0 Å². The largest absolute Gasteiger partial charge is 0.344 e. The van der Waals surface area contributed by atoms with Crippen molar-refractivity contribution < 1.29 is 9.47 Å². The van der Waals surface area contributed by atoms with Gasteiger partial charge in [-0.3, -0.25) is 0 Å². The number of hydrogen-bond donors (Lipinski definition) is 0. The third-order valence-electron chi connectivity index (χ3n) is 2.17. The molecule has 11 heavy (non-hydrogen) atoms. The summed E-state index contributed by atoms with van der Waals surface area (Å²) in [5.41, 5.74) is 0. The van der Waals surface area contributed by atoms with E-state index in [1.54, 1.807) is 0 Å². The van der Waals surface area contributed by atoms with Crippen LogP contribution in [0.25, 0.3) is 0 Å². The molecule has 1 heterocycles. The smallest absolute Gasteiger partial charge is 0.164 e. The predicted molar refractivity (Wildman–Crippen MR) is 42.2 cm³/mol. The molecular formula is C9H14O2. The van der Waals surface area contributed by atoms with Gasteiger partial charge in [-0.2, -0.15) is 0 Å². The van der Waals surface area contributed by atoms with Crippen molar-refractivity contribution in [3.8, 4) is 0 Å². The highest BCUT2D eigenvalue weighted by Crippen LogP contribution is 2.33. The Morgan fingerprint density at radius 2 is 2.18 bits per heavy atom. The number of fused-ring (bicyclic) bond motifs is 1. The molecule has 0 aromatic carbocycles. The molecule has 1 fully saturated rings. The van der Waals surface area contributed by atoms with Crippen molar-refractivity contribution in [3.05, 3.63) is 12.2 Å². The average Bonchev–Trinajstić information content (AvgIpc) is 2.21. The minimum Gasteiger partial charge on any atom is -0.344 e. The van der Waals surface area contributed by atoms with Gasteiger partial charge < -0.3 is 9.47 Å². The van der Waals surface area contributed by atoms with E-state index in [-0.39, 0.29) is 11.9 Å². The molecule has 0 N–H and O–H groups in total. The Balaban J connectivity index is 2.12. The maximum Gasteiger partial charge on any atom is 0.164 e. The zero-order valence-electron chi connectivity index (χ0n) is 7.04. The van der Waals surface area contributed by atoms with E-state index in [1.165, 1.54) is 0 Å². The number of hydrogen-bond acceptors (Lipinski definition) is 2. The fourth-order valence-corrected chi connectivity index (χ4v) is 1.74. The van der Waals surface area contributed by atoms with Gasteiger partial charge in [-0.05, 0) is 26.7 Å². The van der Waals surface area contributed by atoms with Crippen molar-refractivity contribution in [2.75, 3.05) is 0 Å². The average molecular weight is 154 g/mol. The molecule has 2 aliphatic rings. The van der Waals surface area contributed by atoms with E-state index in [1.807, 2.05) is 13.8 Å². The van der Waals surface area contributed by atoms with Gasteiger partial charge in [-0.1, -0.05) is 12.2 Å². The zero-order valence-corrected chi connectivity index (χ0v) is 7.04. The van der Waals surface area contributed by atoms with Crippen LogP contribution in [0.3, 0.4) is 0 Å². The summed E-state index contributed by atoms with van der Waals surface area (Å²) in [6.45, 7) is 3.94. The fourth-order valence-electron chi connectivity index (χ4n) is 1.74. The number of rotatable bonds is 0. The Hall–Kier alpha value is -0.340. The molecule has 0 saturated carbocycles. The van der Waals surface area contributed by atoms with Crippen molar-refractivity contribution in [3.63, 3.8) is 0 Å². The van der Waals surface area contributed by atoms with E-state index >= 15 is 0 Å². The number of allylic oxidation sites excluding steroid dienone is 1. The summed E-state index contributed by atoms with van der Waals surface area (Å²) < 4.78 is 11.3. The first-order valence-corrected chi connectivity index (χ1v) is 4.20. The molecule has 0 amide bonds. The van der Waals surface area contributed by atoms with Crippen molar-refractivity contribution in [2.45, 2.75) is 44.7 Å². The molecule has 2 atom stereocenters. The normalized spacial score (nSPS) is 40.5. The molecule has 1 saturated heterocycles. The van der Waals surface area contributed by atoms with Crippen molar-refractivity contribution >= 4 is 0 Å². The molecule has 0 radical (unpaired) electrons. The van der Waals surface area contributed by atoms with E-state index < -0.39 is 0 Å². The summed E-state index contributed by atoms with van der Waals surface area (Å²) in [6.07, 6.45) is 7.02. The van der Waals surface area contributed by atoms with Crippen molar-refractivity contribution in [2.24, 2.45) is 0 Å². The lowest BCUT2D eigenvalue weighted by atomic mass is 10.0. The number of ether oxygens (including phenoxy) is 2. The van der Waals surface area contributed by atoms with Crippen LogP contribution in [0, 0.1) is 0 Å². The minimum absolute atomic E-state index is 0.207. The summed E-state index contributed by atoms with van der Waals surface area (Å²) in [5.74, 6) is -0.371. The second kappa shape index (κ2) is 2.32. The standard InChI is InChI=1S/C9H14O2/c1-9(2)10-7-5-3-4-6-8(7)11-9/h3,5,7-8H,4,6H2,1-2H3. The Labute approximate surface area is 67.2 Å². The quantitative estimate of drug-likeness (QED) is 0.496. The molecule has 0 bridgehead atoms. The third kappa shape index (κ3) is 1.33. The molecule has 1 aliphatic carbocycles. The highest BCUT2D eigenvalue weighted by molar-refractivity contribution is 5.02. The zero-order chi connectivity index (χ0) is 7.90. The van der Waals surface area contributed by atoms with Gasteiger partial charge in [-0.15, -0.1) is 0 Å². The molecule has 62 valence electrons. The topological polar surface area (TPSA) is 18.5 Å². The Morgan fingerprint density at radius 1 is 1.36 bits per heavy atom. The van der Waals surface area contributed by atoms with Crippen LogP contribution in [0.15, 0.2) is 12.2 Å². The maximum absolute atomic E-state index is 5.68.